The van der Waals surface area contributed by atoms with Gasteiger partial charge >= 0.3 is 17.3 Å². The number of carboxylic acids is 1. The van der Waals surface area contributed by atoms with Gasteiger partial charge in [-0.1, -0.05) is 46.3 Å². The molecule has 2 aromatic carbocycles. The Morgan fingerprint density at radius 2 is 1.81 bits per heavy atom. The van der Waals surface area contributed by atoms with E-state index in [1.54, 1.807) is 70.0 Å². The fourth-order valence-corrected chi connectivity index (χ4v) is 5.11. The van der Waals surface area contributed by atoms with E-state index in [1.807, 2.05) is 13.8 Å². The third-order valence-electron chi connectivity index (χ3n) is 6.12. The number of aliphatic carboxylic acids is 1. The van der Waals surface area contributed by atoms with Crippen LogP contribution >= 0.6 is 34.2 Å². The molecular weight excluding hydrogens is 613 g/mol. The number of hydrogen-bond acceptors (Lipinski definition) is 5. The van der Waals surface area contributed by atoms with Crippen LogP contribution in [0.1, 0.15) is 35.9 Å². The average Bonchev–Trinajstić information content (AvgIpc) is 3.17. The van der Waals surface area contributed by atoms with Crippen molar-refractivity contribution in [2.75, 3.05) is 4.90 Å². The molecule has 10 nitrogen and oxygen atoms in total. The van der Waals surface area contributed by atoms with Gasteiger partial charge < -0.3 is 10.0 Å². The largest absolute Gasteiger partial charge is 0.481 e. The molecule has 37 heavy (non-hydrogen) atoms. The van der Waals surface area contributed by atoms with Crippen LogP contribution in [0.3, 0.4) is 0 Å². The van der Waals surface area contributed by atoms with Crippen LogP contribution in [0.25, 0.3) is 0 Å². The number of nitrogens with zero attached hydrogens (tertiary/aromatic N) is 4. The molecule has 0 fully saturated rings. The SMILES string of the molecule is CC(C)N1C(=O)Cc2cc(/N=c3\[nH]c(=O)n([C@@H](I)[C@@H](C)C(=O)O)c(=O)n3Cc3ccc(Cl)cc3)ccc21. The standard InChI is InChI=1S/C25H25ClIN5O5/c1-13(2)31-19-9-8-18(10-16(19)11-20(31)33)28-23-29-24(36)32(21(27)14(3)22(34)35)25(37)30(23)12-15-4-6-17(26)7-5-15/h4-10,13-14,21H,11-12H2,1-3H3,(H,34,35)(H,28,29,36)/t14-,21-/m1/s1. The summed E-state index contributed by atoms with van der Waals surface area (Å²) < 4.78 is 1.23. The first kappa shape index (κ1) is 26.9. The number of benzene rings is 2. The predicted octanol–water partition coefficient (Wildman–Crippen LogP) is 3.22. The number of alkyl halides is 1. The summed E-state index contributed by atoms with van der Waals surface area (Å²) in [6, 6.07) is 12.2. The monoisotopic (exact) mass is 637 g/mol. The van der Waals surface area contributed by atoms with E-state index in [1.165, 1.54) is 11.5 Å². The molecule has 1 amide bonds. The predicted molar refractivity (Wildman–Crippen MR) is 148 cm³/mol. The third-order valence-corrected chi connectivity index (χ3v) is 8.01. The molecule has 0 aliphatic carbocycles. The van der Waals surface area contributed by atoms with E-state index in [4.69, 9.17) is 11.6 Å². The van der Waals surface area contributed by atoms with E-state index < -0.39 is 27.3 Å². The number of carboxylic acid groups (broad SMARTS) is 1. The molecule has 194 valence electrons. The highest BCUT2D eigenvalue weighted by Crippen LogP contribution is 2.33. The maximum Gasteiger partial charge on any atom is 0.336 e. The lowest BCUT2D eigenvalue weighted by Crippen LogP contribution is -2.51. The van der Waals surface area contributed by atoms with Crippen LogP contribution in [0.4, 0.5) is 11.4 Å². The number of halogens is 2. The zero-order valence-corrected chi connectivity index (χ0v) is 23.2. The maximum atomic E-state index is 13.6. The fraction of sp³-hybridized carbons (Fsp3) is 0.320. The summed E-state index contributed by atoms with van der Waals surface area (Å²) in [5, 5.41) is 9.96. The first-order chi connectivity index (χ1) is 17.5. The van der Waals surface area contributed by atoms with Crippen molar-refractivity contribution in [3.05, 3.63) is 85.2 Å². The van der Waals surface area contributed by atoms with Crippen LogP contribution in [0.2, 0.25) is 5.02 Å². The van der Waals surface area contributed by atoms with Gasteiger partial charge in [0.1, 0.15) is 4.05 Å². The minimum atomic E-state index is -1.13. The molecule has 4 rings (SSSR count). The number of rotatable bonds is 7. The van der Waals surface area contributed by atoms with Crippen molar-refractivity contribution in [1.29, 1.82) is 0 Å². The number of fused-ring (bicyclic) bond motifs is 1. The van der Waals surface area contributed by atoms with Gasteiger partial charge in [-0.15, -0.1) is 0 Å². The van der Waals surface area contributed by atoms with E-state index in [0.717, 1.165) is 21.4 Å². The Balaban J connectivity index is 1.88. The van der Waals surface area contributed by atoms with Crippen molar-refractivity contribution in [3.63, 3.8) is 0 Å². The number of nitrogens with one attached hydrogen (secondary N) is 1. The van der Waals surface area contributed by atoms with Crippen molar-refractivity contribution in [3.8, 4) is 0 Å². The first-order valence-corrected chi connectivity index (χ1v) is 13.2. The molecule has 0 spiro atoms. The van der Waals surface area contributed by atoms with Crippen LogP contribution < -0.4 is 21.9 Å². The molecule has 1 aromatic heterocycles. The first-order valence-electron chi connectivity index (χ1n) is 11.5. The second-order valence-corrected chi connectivity index (χ2v) is 10.8. The topological polar surface area (TPSA) is 130 Å². The summed E-state index contributed by atoms with van der Waals surface area (Å²) in [6.45, 7) is 5.37. The number of amides is 1. The molecule has 0 saturated heterocycles. The van der Waals surface area contributed by atoms with Crippen LogP contribution in [0.5, 0.6) is 0 Å². The Bertz CT molecular complexity index is 1560. The van der Waals surface area contributed by atoms with Crippen LogP contribution in [0, 0.1) is 5.92 Å². The zero-order chi connectivity index (χ0) is 27.0. The van der Waals surface area contributed by atoms with Crippen molar-refractivity contribution in [1.82, 2.24) is 14.1 Å². The number of anilines is 1. The molecule has 3 aromatic rings. The zero-order valence-electron chi connectivity index (χ0n) is 20.3. The van der Waals surface area contributed by atoms with Crippen LogP contribution in [0.15, 0.2) is 57.0 Å². The summed E-state index contributed by atoms with van der Waals surface area (Å²) in [4.78, 5) is 59.5. The summed E-state index contributed by atoms with van der Waals surface area (Å²) in [7, 11) is 0. The summed E-state index contributed by atoms with van der Waals surface area (Å²) in [5.74, 6) is -2.13. The maximum absolute atomic E-state index is 13.6. The molecule has 1 aliphatic heterocycles. The smallest absolute Gasteiger partial charge is 0.336 e. The molecule has 0 radical (unpaired) electrons. The molecular formula is C25H25ClIN5O5. The third kappa shape index (κ3) is 5.42. The van der Waals surface area contributed by atoms with Crippen molar-refractivity contribution < 1.29 is 14.7 Å². The average molecular weight is 638 g/mol. The van der Waals surface area contributed by atoms with Gasteiger partial charge in [-0.25, -0.2) is 19.1 Å². The molecule has 1 aliphatic rings. The summed E-state index contributed by atoms with van der Waals surface area (Å²) in [5.41, 5.74) is 1.33. The molecule has 0 unspecified atom stereocenters. The lowest BCUT2D eigenvalue weighted by atomic mass is 10.1. The number of carbonyl (C=O) groups is 2. The van der Waals surface area contributed by atoms with E-state index in [0.29, 0.717) is 10.7 Å². The minimum absolute atomic E-state index is 0.00207. The van der Waals surface area contributed by atoms with Crippen LogP contribution in [-0.4, -0.2) is 37.1 Å². The molecule has 2 atom stereocenters. The van der Waals surface area contributed by atoms with Crippen LogP contribution in [-0.2, 0) is 22.6 Å². The lowest BCUT2D eigenvalue weighted by Gasteiger charge is -2.21. The number of aromatic nitrogens is 3. The van der Waals surface area contributed by atoms with Gasteiger partial charge in [0, 0.05) is 16.8 Å². The minimum Gasteiger partial charge on any atom is -0.481 e. The van der Waals surface area contributed by atoms with Gasteiger partial charge in [0.2, 0.25) is 11.5 Å². The summed E-state index contributed by atoms with van der Waals surface area (Å²) in [6.07, 6.45) is 0.239. The van der Waals surface area contributed by atoms with Gasteiger partial charge in [-0.3, -0.25) is 19.1 Å². The summed E-state index contributed by atoms with van der Waals surface area (Å²) >= 11 is 7.78. The van der Waals surface area contributed by atoms with Crippen molar-refractivity contribution in [2.24, 2.45) is 10.9 Å². The number of aromatic amines is 1. The molecule has 0 saturated carbocycles. The van der Waals surface area contributed by atoms with Crippen molar-refractivity contribution >= 4 is 57.4 Å². The second-order valence-electron chi connectivity index (χ2n) is 9.08. The number of hydrogen-bond donors (Lipinski definition) is 2. The quantitative estimate of drug-likeness (QED) is 0.304. The van der Waals surface area contributed by atoms with Gasteiger partial charge in [-0.2, -0.15) is 0 Å². The second kappa shape index (κ2) is 10.7. The Kier molecular flexibility index (Phi) is 7.74. The van der Waals surface area contributed by atoms with Gasteiger partial charge in [0.15, 0.2) is 0 Å². The highest BCUT2D eigenvalue weighted by atomic mass is 127. The highest BCUT2D eigenvalue weighted by Gasteiger charge is 2.29. The normalized spacial score (nSPS) is 15.2. The Hall–Kier alpha value is -3.19. The fourth-order valence-electron chi connectivity index (χ4n) is 4.18. The molecule has 0 bridgehead atoms. The van der Waals surface area contributed by atoms with Crippen molar-refractivity contribution in [2.45, 2.75) is 43.8 Å². The van der Waals surface area contributed by atoms with Gasteiger partial charge in [0.25, 0.3) is 0 Å². The van der Waals surface area contributed by atoms with E-state index in [2.05, 4.69) is 9.98 Å². The Labute approximate surface area is 230 Å². The van der Waals surface area contributed by atoms with E-state index in [9.17, 15) is 24.3 Å². The molecule has 2 N–H and O–H groups in total. The van der Waals surface area contributed by atoms with Gasteiger partial charge in [0.05, 0.1) is 24.6 Å². The van der Waals surface area contributed by atoms with E-state index >= 15 is 0 Å². The van der Waals surface area contributed by atoms with E-state index in [-0.39, 0.29) is 30.5 Å². The number of H-pyrrole nitrogens is 1. The molecule has 12 heteroatoms. The lowest BCUT2D eigenvalue weighted by molar-refractivity contribution is -0.141. The Morgan fingerprint density at radius 3 is 2.43 bits per heavy atom. The van der Waals surface area contributed by atoms with Gasteiger partial charge in [-0.05, 0) is 62.2 Å². The highest BCUT2D eigenvalue weighted by molar-refractivity contribution is 14.1. The Morgan fingerprint density at radius 1 is 1.14 bits per heavy atom. The number of carbonyl (C=O) groups excluding carboxylic acids is 1. The molecule has 2 heterocycles.